The fourth-order valence-electron chi connectivity index (χ4n) is 4.09. The van der Waals surface area contributed by atoms with Crippen molar-refractivity contribution in [3.8, 4) is 0 Å². The van der Waals surface area contributed by atoms with E-state index in [-0.39, 0.29) is 5.91 Å². The first-order chi connectivity index (χ1) is 17.9. The standard InChI is InChI=1S/C30H30N6O/c1-35(2)26-11-12-28-27(20-26)29(13-16-31-28)33-22-7-9-23(10-8-22)34-30(37)21-5-4-6-25(19-21)32-24-14-17-36(3)18-15-24/h4-17,19-20,32H,18H2,1-3H3,(H,31,33)(H,34,37). The predicted molar refractivity (Wildman–Crippen MR) is 154 cm³/mol. The summed E-state index contributed by atoms with van der Waals surface area (Å²) in [6.45, 7) is 0.846. The van der Waals surface area contributed by atoms with Gasteiger partial charge < -0.3 is 25.8 Å². The van der Waals surface area contributed by atoms with Gasteiger partial charge in [-0.15, -0.1) is 0 Å². The third-order valence-corrected chi connectivity index (χ3v) is 6.18. The first kappa shape index (κ1) is 23.9. The van der Waals surface area contributed by atoms with Gasteiger partial charge in [0.15, 0.2) is 0 Å². The second-order valence-electron chi connectivity index (χ2n) is 9.23. The van der Waals surface area contributed by atoms with E-state index in [1.54, 1.807) is 6.20 Å². The Morgan fingerprint density at radius 3 is 2.49 bits per heavy atom. The Labute approximate surface area is 217 Å². The Morgan fingerprint density at radius 1 is 0.919 bits per heavy atom. The molecule has 1 aliphatic rings. The molecule has 0 unspecified atom stereocenters. The largest absolute Gasteiger partial charge is 0.378 e. The van der Waals surface area contributed by atoms with Gasteiger partial charge in [0.1, 0.15) is 0 Å². The summed E-state index contributed by atoms with van der Waals surface area (Å²) in [6, 6.07) is 23.4. The molecule has 3 N–H and O–H groups in total. The molecular formula is C30H30N6O. The van der Waals surface area contributed by atoms with Gasteiger partial charge in [-0.2, -0.15) is 0 Å². The molecule has 0 bridgehead atoms. The molecule has 3 aromatic carbocycles. The van der Waals surface area contributed by atoms with Gasteiger partial charge >= 0.3 is 0 Å². The molecule has 1 amide bonds. The van der Waals surface area contributed by atoms with Crippen molar-refractivity contribution in [2.45, 2.75) is 0 Å². The van der Waals surface area contributed by atoms with Crippen molar-refractivity contribution in [2.75, 3.05) is 48.5 Å². The van der Waals surface area contributed by atoms with Gasteiger partial charge in [-0.3, -0.25) is 9.78 Å². The summed E-state index contributed by atoms with van der Waals surface area (Å²) >= 11 is 0. The summed E-state index contributed by atoms with van der Waals surface area (Å²) in [7, 11) is 6.07. The van der Waals surface area contributed by atoms with Crippen LogP contribution in [0, 0.1) is 0 Å². The lowest BCUT2D eigenvalue weighted by atomic mass is 10.1. The average Bonchev–Trinajstić information content (AvgIpc) is 2.91. The van der Waals surface area contributed by atoms with Gasteiger partial charge in [-0.05, 0) is 78.9 Å². The molecule has 186 valence electrons. The molecule has 5 rings (SSSR count). The topological polar surface area (TPSA) is 72.5 Å². The maximum Gasteiger partial charge on any atom is 0.255 e. The van der Waals surface area contributed by atoms with E-state index in [1.807, 2.05) is 94.1 Å². The van der Waals surface area contributed by atoms with E-state index in [0.29, 0.717) is 5.56 Å². The highest BCUT2D eigenvalue weighted by atomic mass is 16.1. The minimum absolute atomic E-state index is 0.159. The van der Waals surface area contributed by atoms with Crippen LogP contribution in [0.5, 0.6) is 0 Å². The number of anilines is 5. The number of hydrogen-bond acceptors (Lipinski definition) is 6. The Hall–Kier alpha value is -4.78. The van der Waals surface area contributed by atoms with E-state index in [0.717, 1.165) is 51.6 Å². The number of carbonyl (C=O) groups excluding carboxylic acids is 1. The lowest BCUT2D eigenvalue weighted by Gasteiger charge is -2.18. The van der Waals surface area contributed by atoms with Crippen molar-refractivity contribution < 1.29 is 4.79 Å². The molecular weight excluding hydrogens is 460 g/mol. The zero-order valence-corrected chi connectivity index (χ0v) is 21.2. The van der Waals surface area contributed by atoms with Crippen molar-refractivity contribution in [3.63, 3.8) is 0 Å². The minimum atomic E-state index is -0.159. The van der Waals surface area contributed by atoms with Crippen LogP contribution in [0.1, 0.15) is 10.4 Å². The molecule has 7 nitrogen and oxygen atoms in total. The fourth-order valence-corrected chi connectivity index (χ4v) is 4.09. The van der Waals surface area contributed by atoms with Gasteiger partial charge in [0, 0.05) is 85.2 Å². The molecule has 7 heteroatoms. The second-order valence-corrected chi connectivity index (χ2v) is 9.23. The van der Waals surface area contributed by atoms with E-state index in [1.165, 1.54) is 0 Å². The Balaban J connectivity index is 1.26. The zero-order chi connectivity index (χ0) is 25.8. The van der Waals surface area contributed by atoms with E-state index >= 15 is 0 Å². The van der Waals surface area contributed by atoms with Gasteiger partial charge in [0.05, 0.1) is 5.52 Å². The molecule has 0 fully saturated rings. The van der Waals surface area contributed by atoms with Crippen LogP contribution in [-0.4, -0.2) is 43.5 Å². The summed E-state index contributed by atoms with van der Waals surface area (Å²) in [6.07, 6.45) is 7.95. The first-order valence-electron chi connectivity index (χ1n) is 12.1. The van der Waals surface area contributed by atoms with Gasteiger partial charge in [-0.1, -0.05) is 6.07 Å². The van der Waals surface area contributed by atoms with Crippen molar-refractivity contribution >= 4 is 45.2 Å². The smallest absolute Gasteiger partial charge is 0.255 e. The van der Waals surface area contributed by atoms with Crippen molar-refractivity contribution in [2.24, 2.45) is 0 Å². The number of hydrogen-bond donors (Lipinski definition) is 3. The minimum Gasteiger partial charge on any atom is -0.378 e. The zero-order valence-electron chi connectivity index (χ0n) is 21.2. The summed E-state index contributed by atoms with van der Waals surface area (Å²) < 4.78 is 0. The molecule has 0 atom stereocenters. The monoisotopic (exact) mass is 490 g/mol. The summed E-state index contributed by atoms with van der Waals surface area (Å²) in [4.78, 5) is 21.6. The lowest BCUT2D eigenvalue weighted by Crippen LogP contribution is -2.16. The number of aromatic nitrogens is 1. The summed E-state index contributed by atoms with van der Waals surface area (Å²) in [5.74, 6) is -0.159. The molecule has 0 aliphatic carbocycles. The number of fused-ring (bicyclic) bond motifs is 1. The van der Waals surface area contributed by atoms with Crippen LogP contribution in [0.3, 0.4) is 0 Å². The number of amides is 1. The number of pyridine rings is 1. The van der Waals surface area contributed by atoms with Crippen LogP contribution in [0.15, 0.2) is 103 Å². The van der Waals surface area contributed by atoms with Crippen molar-refractivity contribution in [1.29, 1.82) is 0 Å². The number of benzene rings is 3. The Morgan fingerprint density at radius 2 is 1.73 bits per heavy atom. The second kappa shape index (κ2) is 10.5. The van der Waals surface area contributed by atoms with E-state index < -0.39 is 0 Å². The molecule has 0 saturated heterocycles. The third-order valence-electron chi connectivity index (χ3n) is 6.18. The quantitative estimate of drug-likeness (QED) is 0.293. The molecule has 37 heavy (non-hydrogen) atoms. The van der Waals surface area contributed by atoms with Crippen molar-refractivity contribution in [1.82, 2.24) is 9.88 Å². The molecule has 4 aromatic rings. The molecule has 1 aromatic heterocycles. The number of carbonyl (C=O) groups is 1. The average molecular weight is 491 g/mol. The summed E-state index contributed by atoms with van der Waals surface area (Å²) in [5.41, 5.74) is 7.14. The van der Waals surface area contributed by atoms with E-state index in [9.17, 15) is 4.79 Å². The molecule has 2 heterocycles. The van der Waals surface area contributed by atoms with Crippen LogP contribution < -0.4 is 20.9 Å². The number of nitrogens with one attached hydrogen (secondary N) is 3. The van der Waals surface area contributed by atoms with Crippen LogP contribution in [0.2, 0.25) is 0 Å². The Bertz CT molecular complexity index is 1490. The molecule has 0 spiro atoms. The van der Waals surface area contributed by atoms with E-state index in [2.05, 4.69) is 48.9 Å². The number of nitrogens with zero attached hydrogens (tertiary/aromatic N) is 3. The van der Waals surface area contributed by atoms with Gasteiger partial charge in [0.25, 0.3) is 5.91 Å². The molecule has 1 aliphatic heterocycles. The van der Waals surface area contributed by atoms with Crippen LogP contribution in [-0.2, 0) is 0 Å². The van der Waals surface area contributed by atoms with Gasteiger partial charge in [-0.25, -0.2) is 0 Å². The van der Waals surface area contributed by atoms with Crippen LogP contribution in [0.25, 0.3) is 10.9 Å². The highest BCUT2D eigenvalue weighted by Crippen LogP contribution is 2.29. The number of rotatable bonds is 7. The van der Waals surface area contributed by atoms with E-state index in [4.69, 9.17) is 0 Å². The predicted octanol–water partition coefficient (Wildman–Crippen LogP) is 6.05. The molecule has 0 saturated carbocycles. The first-order valence-corrected chi connectivity index (χ1v) is 12.1. The van der Waals surface area contributed by atoms with Crippen LogP contribution in [0.4, 0.5) is 28.4 Å². The highest BCUT2D eigenvalue weighted by molar-refractivity contribution is 6.05. The fraction of sp³-hybridized carbons (Fsp3) is 0.133. The van der Waals surface area contributed by atoms with Crippen LogP contribution >= 0.6 is 0 Å². The van der Waals surface area contributed by atoms with Crippen molar-refractivity contribution in [3.05, 3.63) is 109 Å². The summed E-state index contributed by atoms with van der Waals surface area (Å²) in [5, 5.41) is 10.9. The Kier molecular flexibility index (Phi) is 6.76. The normalized spacial score (nSPS) is 12.7. The van der Waals surface area contributed by atoms with Gasteiger partial charge in [0.2, 0.25) is 0 Å². The number of likely N-dealkylation sites (N-methyl/N-ethyl adjacent to an activating group) is 1. The maximum atomic E-state index is 12.9. The molecule has 0 radical (unpaired) electrons. The SMILES string of the molecule is CN1C=CC(Nc2cccc(C(=O)Nc3ccc(Nc4ccnc5ccc(N(C)C)cc45)cc3)c2)=CC1. The lowest BCUT2D eigenvalue weighted by molar-refractivity contribution is 0.102. The number of allylic oxidation sites excluding steroid dienone is 1. The highest BCUT2D eigenvalue weighted by Gasteiger charge is 2.09. The maximum absolute atomic E-state index is 12.9. The third kappa shape index (κ3) is 5.73.